The number of hydrogen-bond acceptors (Lipinski definition) is 2. The van der Waals surface area contributed by atoms with Gasteiger partial charge in [-0.05, 0) is 43.5 Å². The number of rotatable bonds is 5. The van der Waals surface area contributed by atoms with Crippen LogP contribution in [0.25, 0.3) is 0 Å². The van der Waals surface area contributed by atoms with Crippen LogP contribution in [0.4, 0.5) is 4.39 Å². The van der Waals surface area contributed by atoms with E-state index in [1.165, 1.54) is 25.0 Å². The highest BCUT2D eigenvalue weighted by Crippen LogP contribution is 2.08. The van der Waals surface area contributed by atoms with Gasteiger partial charge in [0, 0.05) is 12.6 Å². The number of amides is 1. The van der Waals surface area contributed by atoms with Gasteiger partial charge in [-0.2, -0.15) is 0 Å². The van der Waals surface area contributed by atoms with E-state index in [2.05, 4.69) is 10.6 Å². The first-order valence-corrected chi connectivity index (χ1v) is 6.48. The topological polar surface area (TPSA) is 41.1 Å². The lowest BCUT2D eigenvalue weighted by Crippen LogP contribution is -2.31. The zero-order chi connectivity index (χ0) is 12.8. The Morgan fingerprint density at radius 1 is 1.47 bits per heavy atom. The van der Waals surface area contributed by atoms with Crippen molar-refractivity contribution in [1.29, 1.82) is 0 Å². The molecule has 0 radical (unpaired) electrons. The van der Waals surface area contributed by atoms with Gasteiger partial charge in [-0.1, -0.05) is 12.1 Å². The van der Waals surface area contributed by atoms with E-state index in [1.54, 1.807) is 12.1 Å². The minimum atomic E-state index is -0.296. The average molecular weight is 287 g/mol. The largest absolute Gasteiger partial charge is 0.356 e. The maximum Gasteiger partial charge on any atom is 0.224 e. The smallest absolute Gasteiger partial charge is 0.224 e. The summed E-state index contributed by atoms with van der Waals surface area (Å²) in [6.45, 7) is 1.77. The lowest BCUT2D eigenvalue weighted by molar-refractivity contribution is -0.120. The molecular weight excluding hydrogens is 267 g/mol. The molecule has 5 heteroatoms. The minimum Gasteiger partial charge on any atom is -0.356 e. The molecule has 1 fully saturated rings. The Balaban J connectivity index is 0.00000180. The van der Waals surface area contributed by atoms with Gasteiger partial charge in [-0.25, -0.2) is 4.39 Å². The molecule has 0 spiro atoms. The van der Waals surface area contributed by atoms with Gasteiger partial charge in [-0.3, -0.25) is 4.79 Å². The molecular formula is C14H20ClFN2O. The maximum atomic E-state index is 12.9. The van der Waals surface area contributed by atoms with Crippen LogP contribution in [0.3, 0.4) is 0 Å². The van der Waals surface area contributed by atoms with Crippen molar-refractivity contribution >= 4 is 18.3 Å². The third kappa shape index (κ3) is 5.57. The zero-order valence-corrected chi connectivity index (χ0v) is 11.6. The Hall–Kier alpha value is -1.13. The van der Waals surface area contributed by atoms with E-state index in [0.29, 0.717) is 18.2 Å². The fraction of sp³-hybridized carbons (Fsp3) is 0.500. The summed E-state index contributed by atoms with van der Waals surface area (Å²) >= 11 is 0. The number of carbonyl (C=O) groups is 1. The molecule has 2 rings (SSSR count). The number of hydrogen-bond donors (Lipinski definition) is 2. The van der Waals surface area contributed by atoms with Crippen LogP contribution in [0.15, 0.2) is 24.3 Å². The first kappa shape index (κ1) is 15.9. The van der Waals surface area contributed by atoms with Crippen molar-refractivity contribution in [1.82, 2.24) is 10.6 Å². The zero-order valence-electron chi connectivity index (χ0n) is 10.8. The van der Waals surface area contributed by atoms with E-state index in [0.717, 1.165) is 13.0 Å². The Morgan fingerprint density at radius 2 is 2.32 bits per heavy atom. The van der Waals surface area contributed by atoms with Crippen molar-refractivity contribution < 1.29 is 9.18 Å². The van der Waals surface area contributed by atoms with Gasteiger partial charge in [0.25, 0.3) is 0 Å². The van der Waals surface area contributed by atoms with Gasteiger partial charge >= 0.3 is 0 Å². The predicted molar refractivity (Wildman–Crippen MR) is 76.0 cm³/mol. The van der Waals surface area contributed by atoms with Crippen LogP contribution < -0.4 is 10.6 Å². The van der Waals surface area contributed by atoms with Gasteiger partial charge in [0.05, 0.1) is 6.42 Å². The van der Waals surface area contributed by atoms with Crippen LogP contribution in [0.2, 0.25) is 0 Å². The molecule has 0 saturated carbocycles. The molecule has 0 aliphatic carbocycles. The molecule has 1 aliphatic heterocycles. The SMILES string of the molecule is Cl.O=C(Cc1cccc(F)c1)NCC[C@H]1CCCN1. The molecule has 106 valence electrons. The first-order chi connectivity index (χ1) is 8.74. The van der Waals surface area contributed by atoms with E-state index in [1.807, 2.05) is 0 Å². The molecule has 0 unspecified atom stereocenters. The lowest BCUT2D eigenvalue weighted by atomic mass is 10.1. The fourth-order valence-electron chi connectivity index (χ4n) is 2.28. The minimum absolute atomic E-state index is 0. The van der Waals surface area contributed by atoms with Crippen molar-refractivity contribution in [3.05, 3.63) is 35.6 Å². The fourth-order valence-corrected chi connectivity index (χ4v) is 2.28. The van der Waals surface area contributed by atoms with Crippen LogP contribution in [0, 0.1) is 5.82 Å². The molecule has 1 aliphatic rings. The highest BCUT2D eigenvalue weighted by molar-refractivity contribution is 5.85. The Labute approximate surface area is 119 Å². The van der Waals surface area contributed by atoms with E-state index in [4.69, 9.17) is 0 Å². The van der Waals surface area contributed by atoms with Crippen LogP contribution >= 0.6 is 12.4 Å². The molecule has 0 bridgehead atoms. The van der Waals surface area contributed by atoms with Crippen molar-refractivity contribution in [3.63, 3.8) is 0 Å². The molecule has 1 heterocycles. The maximum absolute atomic E-state index is 12.9. The second kappa shape index (κ2) is 8.12. The third-order valence-electron chi connectivity index (χ3n) is 3.23. The Kier molecular flexibility index (Phi) is 6.81. The number of halogens is 2. The van der Waals surface area contributed by atoms with Crippen LogP contribution in [-0.4, -0.2) is 25.0 Å². The van der Waals surface area contributed by atoms with Gasteiger partial charge in [-0.15, -0.1) is 12.4 Å². The van der Waals surface area contributed by atoms with Crippen molar-refractivity contribution in [2.75, 3.05) is 13.1 Å². The van der Waals surface area contributed by atoms with Gasteiger partial charge in [0.15, 0.2) is 0 Å². The Bertz CT molecular complexity index is 408. The molecule has 0 aromatic heterocycles. The molecule has 19 heavy (non-hydrogen) atoms. The standard InChI is InChI=1S/C14H19FN2O.ClH/c15-12-4-1-3-11(9-12)10-14(18)17-8-6-13-5-2-7-16-13;/h1,3-4,9,13,16H,2,5-8,10H2,(H,17,18);1H/t13-;/m1./s1. The third-order valence-corrected chi connectivity index (χ3v) is 3.23. The van der Waals surface area contributed by atoms with E-state index < -0.39 is 0 Å². The second-order valence-electron chi connectivity index (χ2n) is 4.74. The van der Waals surface area contributed by atoms with Crippen molar-refractivity contribution in [2.45, 2.75) is 31.7 Å². The van der Waals surface area contributed by atoms with Gasteiger partial charge in [0.1, 0.15) is 5.82 Å². The molecule has 1 atom stereocenters. The summed E-state index contributed by atoms with van der Waals surface area (Å²) in [4.78, 5) is 11.6. The summed E-state index contributed by atoms with van der Waals surface area (Å²) in [6.07, 6.45) is 3.63. The summed E-state index contributed by atoms with van der Waals surface area (Å²) in [5.74, 6) is -0.339. The van der Waals surface area contributed by atoms with Crippen molar-refractivity contribution in [3.8, 4) is 0 Å². The normalized spacial score (nSPS) is 17.8. The highest BCUT2D eigenvalue weighted by Gasteiger charge is 2.13. The van der Waals surface area contributed by atoms with Crippen molar-refractivity contribution in [2.24, 2.45) is 0 Å². The molecule has 3 nitrogen and oxygen atoms in total. The van der Waals surface area contributed by atoms with Crippen LogP contribution in [0.5, 0.6) is 0 Å². The highest BCUT2D eigenvalue weighted by atomic mass is 35.5. The average Bonchev–Trinajstić information content (AvgIpc) is 2.82. The van der Waals surface area contributed by atoms with Gasteiger partial charge < -0.3 is 10.6 Å². The van der Waals surface area contributed by atoms with E-state index in [9.17, 15) is 9.18 Å². The molecule has 1 amide bonds. The van der Waals surface area contributed by atoms with Crippen LogP contribution in [-0.2, 0) is 11.2 Å². The molecule has 1 saturated heterocycles. The second-order valence-corrected chi connectivity index (χ2v) is 4.74. The lowest BCUT2D eigenvalue weighted by Gasteiger charge is -2.10. The monoisotopic (exact) mass is 286 g/mol. The number of carbonyl (C=O) groups excluding carboxylic acids is 1. The summed E-state index contributed by atoms with van der Waals surface area (Å²) in [7, 11) is 0. The van der Waals surface area contributed by atoms with E-state index in [-0.39, 0.29) is 30.6 Å². The Morgan fingerprint density at radius 3 is 3.00 bits per heavy atom. The van der Waals surface area contributed by atoms with Crippen LogP contribution in [0.1, 0.15) is 24.8 Å². The number of benzene rings is 1. The summed E-state index contributed by atoms with van der Waals surface area (Å²) in [5.41, 5.74) is 0.714. The molecule has 1 aromatic carbocycles. The van der Waals surface area contributed by atoms with E-state index >= 15 is 0 Å². The number of nitrogens with one attached hydrogen (secondary N) is 2. The quantitative estimate of drug-likeness (QED) is 0.870. The summed E-state index contributed by atoms with van der Waals surface area (Å²) in [6, 6.07) is 6.71. The first-order valence-electron chi connectivity index (χ1n) is 6.48. The summed E-state index contributed by atoms with van der Waals surface area (Å²) < 4.78 is 12.9. The van der Waals surface area contributed by atoms with Gasteiger partial charge in [0.2, 0.25) is 5.91 Å². The summed E-state index contributed by atoms with van der Waals surface area (Å²) in [5, 5.41) is 6.26. The predicted octanol–water partition coefficient (Wildman–Crippen LogP) is 2.05. The molecule has 1 aromatic rings. The molecule has 2 N–H and O–H groups in total.